The standard InChI is InChI=1S/C32H32N4/c1-4-32(5-2)23(3)31-35(26-16-10-7-11-17-26)29-30(36(31)28-19-13-12-18-27(28)32)34-25(22-33-29)21-20-24-14-8-6-9-15-24/h6-19,22,31H,3-5,20-21H2,1-2H3. The van der Waals surface area contributed by atoms with E-state index in [-0.39, 0.29) is 11.6 Å². The van der Waals surface area contributed by atoms with Crippen molar-refractivity contribution in [3.63, 3.8) is 0 Å². The summed E-state index contributed by atoms with van der Waals surface area (Å²) < 4.78 is 0. The fourth-order valence-electron chi connectivity index (χ4n) is 6.13. The molecule has 180 valence electrons. The van der Waals surface area contributed by atoms with E-state index in [0.717, 1.165) is 48.7 Å². The number of anilines is 4. The van der Waals surface area contributed by atoms with Gasteiger partial charge in [0, 0.05) is 16.8 Å². The van der Waals surface area contributed by atoms with Gasteiger partial charge in [0.05, 0.1) is 11.9 Å². The van der Waals surface area contributed by atoms with Crippen LogP contribution in [0.25, 0.3) is 0 Å². The number of nitrogens with zero attached hydrogens (tertiary/aromatic N) is 4. The second-order valence-electron chi connectivity index (χ2n) is 9.77. The van der Waals surface area contributed by atoms with Crippen LogP contribution in [-0.4, -0.2) is 16.1 Å². The van der Waals surface area contributed by atoms with Gasteiger partial charge in [-0.2, -0.15) is 0 Å². The quantitative estimate of drug-likeness (QED) is 0.272. The number of benzene rings is 3. The molecule has 0 aliphatic carbocycles. The molecule has 2 aliphatic heterocycles. The highest BCUT2D eigenvalue weighted by atomic mass is 15.5. The van der Waals surface area contributed by atoms with E-state index in [9.17, 15) is 0 Å². The molecule has 6 rings (SSSR count). The van der Waals surface area contributed by atoms with Crippen molar-refractivity contribution in [1.82, 2.24) is 9.97 Å². The molecule has 0 radical (unpaired) electrons. The number of para-hydroxylation sites is 2. The molecule has 4 nitrogen and oxygen atoms in total. The van der Waals surface area contributed by atoms with Crippen molar-refractivity contribution >= 4 is 23.0 Å². The van der Waals surface area contributed by atoms with Crippen molar-refractivity contribution in [2.24, 2.45) is 0 Å². The van der Waals surface area contributed by atoms with Gasteiger partial charge < -0.3 is 0 Å². The summed E-state index contributed by atoms with van der Waals surface area (Å²) in [4.78, 5) is 15.0. The average Bonchev–Trinajstić information content (AvgIpc) is 3.28. The zero-order valence-corrected chi connectivity index (χ0v) is 21.1. The lowest BCUT2D eigenvalue weighted by Gasteiger charge is -2.49. The van der Waals surface area contributed by atoms with Gasteiger partial charge in [-0.3, -0.25) is 9.80 Å². The maximum atomic E-state index is 5.24. The predicted octanol–water partition coefficient (Wildman–Crippen LogP) is 7.51. The molecule has 4 heteroatoms. The molecular weight excluding hydrogens is 440 g/mol. The summed E-state index contributed by atoms with van der Waals surface area (Å²) in [7, 11) is 0. The summed E-state index contributed by atoms with van der Waals surface area (Å²) >= 11 is 0. The van der Waals surface area contributed by atoms with Crippen LogP contribution in [0.15, 0.2) is 103 Å². The molecule has 0 saturated heterocycles. The molecule has 0 amide bonds. The Bertz CT molecular complexity index is 1390. The van der Waals surface area contributed by atoms with Crippen LogP contribution in [0.3, 0.4) is 0 Å². The summed E-state index contributed by atoms with van der Waals surface area (Å²) in [6.45, 7) is 9.34. The Balaban J connectivity index is 1.51. The molecule has 0 N–H and O–H groups in total. The Morgan fingerprint density at radius 3 is 2.17 bits per heavy atom. The molecule has 0 fully saturated rings. The molecule has 3 heterocycles. The first-order valence-corrected chi connectivity index (χ1v) is 13.0. The zero-order valence-electron chi connectivity index (χ0n) is 21.1. The molecule has 1 unspecified atom stereocenters. The molecule has 36 heavy (non-hydrogen) atoms. The van der Waals surface area contributed by atoms with Gasteiger partial charge in [0.2, 0.25) is 0 Å². The van der Waals surface area contributed by atoms with Crippen LogP contribution in [0, 0.1) is 0 Å². The number of aromatic nitrogens is 2. The van der Waals surface area contributed by atoms with E-state index < -0.39 is 0 Å². The Morgan fingerprint density at radius 2 is 1.44 bits per heavy atom. The molecule has 0 bridgehead atoms. The Hall–Kier alpha value is -3.92. The van der Waals surface area contributed by atoms with Crippen LogP contribution < -0.4 is 9.80 Å². The minimum Gasteiger partial charge on any atom is -0.298 e. The van der Waals surface area contributed by atoms with Gasteiger partial charge in [-0.25, -0.2) is 9.97 Å². The third-order valence-corrected chi connectivity index (χ3v) is 8.09. The van der Waals surface area contributed by atoms with Crippen molar-refractivity contribution in [1.29, 1.82) is 0 Å². The van der Waals surface area contributed by atoms with Crippen LogP contribution in [0.1, 0.15) is 43.5 Å². The fraction of sp³-hybridized carbons (Fsp3) is 0.250. The van der Waals surface area contributed by atoms with Crippen LogP contribution in [0.2, 0.25) is 0 Å². The fourth-order valence-corrected chi connectivity index (χ4v) is 6.13. The molecule has 0 saturated carbocycles. The first-order chi connectivity index (χ1) is 17.7. The Labute approximate surface area is 214 Å². The van der Waals surface area contributed by atoms with Crippen molar-refractivity contribution in [3.05, 3.63) is 120 Å². The molecule has 1 aromatic heterocycles. The molecule has 4 aromatic rings. The van der Waals surface area contributed by atoms with Gasteiger partial charge in [0.15, 0.2) is 11.6 Å². The SMILES string of the molecule is C=C1C2N(c3ccccc3)c3ncc(CCc4ccccc4)nc3N2c2ccccc2C1(CC)CC. The Morgan fingerprint density at radius 1 is 0.778 bits per heavy atom. The summed E-state index contributed by atoms with van der Waals surface area (Å²) in [6.07, 6.45) is 5.69. The maximum absolute atomic E-state index is 5.24. The van der Waals surface area contributed by atoms with Crippen molar-refractivity contribution in [3.8, 4) is 0 Å². The predicted molar refractivity (Wildman–Crippen MR) is 148 cm³/mol. The van der Waals surface area contributed by atoms with Gasteiger partial charge in [0.25, 0.3) is 0 Å². The third kappa shape index (κ3) is 3.35. The van der Waals surface area contributed by atoms with Crippen LogP contribution in [0.5, 0.6) is 0 Å². The lowest BCUT2D eigenvalue weighted by Crippen LogP contribution is -2.50. The smallest absolute Gasteiger partial charge is 0.179 e. The highest BCUT2D eigenvalue weighted by Crippen LogP contribution is 2.57. The zero-order chi connectivity index (χ0) is 24.7. The van der Waals surface area contributed by atoms with Crippen molar-refractivity contribution in [2.45, 2.75) is 51.1 Å². The normalized spacial score (nSPS) is 17.5. The van der Waals surface area contributed by atoms with E-state index in [1.54, 1.807) is 0 Å². The lowest BCUT2D eigenvalue weighted by atomic mass is 9.66. The first kappa shape index (κ1) is 22.5. The van der Waals surface area contributed by atoms with Crippen LogP contribution >= 0.6 is 0 Å². The molecule has 0 spiro atoms. The van der Waals surface area contributed by atoms with Gasteiger partial charge in [0.1, 0.15) is 6.17 Å². The maximum Gasteiger partial charge on any atom is 0.179 e. The van der Waals surface area contributed by atoms with E-state index in [2.05, 4.69) is 109 Å². The molecular formula is C32H32N4. The van der Waals surface area contributed by atoms with Crippen molar-refractivity contribution < 1.29 is 0 Å². The summed E-state index contributed by atoms with van der Waals surface area (Å²) in [5.41, 5.74) is 7.11. The number of rotatable bonds is 6. The molecule has 3 aromatic carbocycles. The number of fused-ring (bicyclic) bond motifs is 5. The third-order valence-electron chi connectivity index (χ3n) is 8.09. The summed E-state index contributed by atoms with van der Waals surface area (Å²) in [6, 6.07) is 30.0. The van der Waals surface area contributed by atoms with E-state index in [1.165, 1.54) is 22.4 Å². The second kappa shape index (κ2) is 8.94. The van der Waals surface area contributed by atoms with E-state index in [0.29, 0.717) is 0 Å². The topological polar surface area (TPSA) is 32.3 Å². The van der Waals surface area contributed by atoms with Gasteiger partial charge in [-0.15, -0.1) is 0 Å². The number of hydrogen-bond acceptors (Lipinski definition) is 4. The monoisotopic (exact) mass is 472 g/mol. The second-order valence-corrected chi connectivity index (χ2v) is 9.77. The van der Waals surface area contributed by atoms with Crippen LogP contribution in [-0.2, 0) is 18.3 Å². The highest BCUT2D eigenvalue weighted by Gasteiger charge is 2.52. The number of aryl methyl sites for hydroxylation is 2. The van der Waals surface area contributed by atoms with E-state index in [1.807, 2.05) is 6.20 Å². The summed E-state index contributed by atoms with van der Waals surface area (Å²) in [5, 5.41) is 0. The van der Waals surface area contributed by atoms with E-state index >= 15 is 0 Å². The molecule has 1 atom stereocenters. The highest BCUT2D eigenvalue weighted by molar-refractivity contribution is 5.88. The van der Waals surface area contributed by atoms with Gasteiger partial charge >= 0.3 is 0 Å². The largest absolute Gasteiger partial charge is 0.298 e. The number of hydrogen-bond donors (Lipinski definition) is 0. The minimum atomic E-state index is -0.0943. The first-order valence-electron chi connectivity index (χ1n) is 13.0. The van der Waals surface area contributed by atoms with Gasteiger partial charge in [-0.05, 0) is 60.6 Å². The Kier molecular flexibility index (Phi) is 5.60. The minimum absolute atomic E-state index is 0.0680. The summed E-state index contributed by atoms with van der Waals surface area (Å²) in [5.74, 6) is 1.82. The molecule has 2 aliphatic rings. The van der Waals surface area contributed by atoms with Gasteiger partial charge in [-0.1, -0.05) is 87.2 Å². The average molecular weight is 473 g/mol. The van der Waals surface area contributed by atoms with Crippen molar-refractivity contribution in [2.75, 3.05) is 9.80 Å². The van der Waals surface area contributed by atoms with E-state index in [4.69, 9.17) is 16.5 Å². The van der Waals surface area contributed by atoms with Crippen LogP contribution in [0.4, 0.5) is 23.0 Å². The lowest BCUT2D eigenvalue weighted by molar-refractivity contribution is 0.425.